The van der Waals surface area contributed by atoms with Crippen molar-refractivity contribution in [3.63, 3.8) is 0 Å². The van der Waals surface area contributed by atoms with E-state index in [1.807, 2.05) is 44.2 Å². The number of rotatable bonds is 6. The van der Waals surface area contributed by atoms with Gasteiger partial charge in [0.25, 0.3) is 0 Å². The predicted octanol–water partition coefficient (Wildman–Crippen LogP) is 9.40. The number of hydrogen-bond donors (Lipinski definition) is 0. The van der Waals surface area contributed by atoms with Gasteiger partial charge < -0.3 is 14.4 Å². The van der Waals surface area contributed by atoms with E-state index in [0.717, 1.165) is 23.2 Å². The van der Waals surface area contributed by atoms with E-state index in [1.165, 1.54) is 23.0 Å². The topological polar surface area (TPSA) is 51.8 Å². The van der Waals surface area contributed by atoms with Crippen molar-refractivity contribution in [2.45, 2.75) is 59.7 Å². The van der Waals surface area contributed by atoms with Gasteiger partial charge in [-0.1, -0.05) is 81.5 Å². The van der Waals surface area contributed by atoms with Gasteiger partial charge in [0.1, 0.15) is 5.82 Å². The summed E-state index contributed by atoms with van der Waals surface area (Å²) in [4.78, 5) is 13.2. The maximum atomic E-state index is 14.2. The molecule has 1 radical (unpaired) electrons. The van der Waals surface area contributed by atoms with Gasteiger partial charge in [-0.3, -0.25) is 0 Å². The van der Waals surface area contributed by atoms with Gasteiger partial charge >= 0.3 is 0 Å². The summed E-state index contributed by atoms with van der Waals surface area (Å²) in [5.74, 6) is -0.447. The summed E-state index contributed by atoms with van der Waals surface area (Å²) in [6, 6.07) is 25.2. The zero-order chi connectivity index (χ0) is 31.6. The molecule has 0 N–H and O–H groups in total. The third-order valence-corrected chi connectivity index (χ3v) is 9.35. The van der Waals surface area contributed by atoms with Crippen molar-refractivity contribution >= 4 is 35.3 Å². The number of halogens is 1. The van der Waals surface area contributed by atoms with Gasteiger partial charge in [-0.15, -0.1) is 54.1 Å². The molecule has 4 heterocycles. The molecule has 6 aromatic rings. The minimum Gasteiger partial charge on any atom is -0.486 e. The van der Waals surface area contributed by atoms with E-state index in [-0.39, 0.29) is 31.6 Å². The summed E-state index contributed by atoms with van der Waals surface area (Å²) in [6.07, 6.45) is 6.28. The van der Waals surface area contributed by atoms with Crippen molar-refractivity contribution in [2.24, 2.45) is 5.92 Å². The monoisotopic (exact) mass is 781 g/mol. The van der Waals surface area contributed by atoms with Gasteiger partial charge in [0, 0.05) is 40.1 Å². The first kappa shape index (κ1) is 31.9. The van der Waals surface area contributed by atoms with Crippen LogP contribution in [0.5, 0.6) is 0 Å². The molecule has 0 bridgehead atoms. The first-order chi connectivity index (χ1) is 20.8. The summed E-state index contributed by atoms with van der Waals surface area (Å²) in [5, 5.41) is 2.49. The Morgan fingerprint density at radius 3 is 2.36 bits per heavy atom. The van der Waals surface area contributed by atoms with Crippen LogP contribution in [0.25, 0.3) is 44.6 Å². The molecule has 4 nitrogen and oxygen atoms in total. The van der Waals surface area contributed by atoms with Crippen molar-refractivity contribution in [1.29, 1.82) is 0 Å². The van der Waals surface area contributed by atoms with Gasteiger partial charge in [0.15, 0.2) is 0 Å². The molecule has 0 spiro atoms. The number of fused-ring (bicyclic) bond motifs is 3. The van der Waals surface area contributed by atoms with Crippen molar-refractivity contribution in [1.82, 2.24) is 15.0 Å². The maximum Gasteiger partial charge on any atom is 0.219 e. The quantitative estimate of drug-likeness (QED) is 0.125. The average molecular weight is 781 g/mol. The van der Waals surface area contributed by atoms with Crippen molar-refractivity contribution in [3.05, 3.63) is 108 Å². The zero-order valence-corrected chi connectivity index (χ0v) is 29.6. The van der Waals surface area contributed by atoms with Crippen LogP contribution in [0.2, 0.25) is 19.6 Å². The van der Waals surface area contributed by atoms with Crippen LogP contribution in [0.3, 0.4) is 0 Å². The fourth-order valence-electron chi connectivity index (χ4n) is 5.18. The Bertz CT molecular complexity index is 1910. The Kier molecular flexibility index (Phi) is 10.2. The summed E-state index contributed by atoms with van der Waals surface area (Å²) >= 11 is 0. The SMILES string of the molecule is CC(C)Cc1cc(-c2[c-]cccc2)ncc1[Si](C)(C)C.[2H]C(C)(C)c1ccnc(-c2[c-]ccc3c2oc2nccc(F)c23)c1.[Ir]. The molecule has 0 aliphatic carbocycles. The third-order valence-electron chi connectivity index (χ3n) is 7.29. The molecular formula is C37H38FIrN3OSi-2. The molecule has 4 aromatic heterocycles. The maximum absolute atomic E-state index is 14.2. The number of furan rings is 1. The Morgan fingerprint density at radius 1 is 0.909 bits per heavy atom. The van der Waals surface area contributed by atoms with Crippen LogP contribution in [-0.2, 0) is 26.5 Å². The van der Waals surface area contributed by atoms with Gasteiger partial charge in [-0.25, -0.2) is 9.37 Å². The van der Waals surface area contributed by atoms with E-state index in [0.29, 0.717) is 33.5 Å². The standard InChI is InChI=1S/C19H14FN2O.C18H24NSi.Ir/c1-11(2)12-6-8-21-16(10-12)13-4-3-5-14-17-15(20)7-9-22-19(17)23-18(13)14;1-14(2)11-16-12-17(15-9-7-6-8-10-15)19-13-18(16)20(3,4)5;/h3,5-11H,1-2H3;6-9,12-14H,11H2,1-5H3;/q2*-1;/i11D;;. The first-order valence-electron chi connectivity index (χ1n) is 15.1. The zero-order valence-electron chi connectivity index (χ0n) is 27.3. The summed E-state index contributed by atoms with van der Waals surface area (Å²) in [7, 11) is -1.34. The second kappa shape index (κ2) is 14.1. The Labute approximate surface area is 276 Å². The van der Waals surface area contributed by atoms with Crippen LogP contribution in [0.1, 0.15) is 46.1 Å². The number of aromatic nitrogens is 3. The van der Waals surface area contributed by atoms with Crippen molar-refractivity contribution in [2.75, 3.05) is 0 Å². The van der Waals surface area contributed by atoms with Crippen molar-refractivity contribution < 1.29 is 30.3 Å². The molecule has 2 aromatic carbocycles. The molecule has 0 atom stereocenters. The van der Waals surface area contributed by atoms with E-state index < -0.39 is 14.0 Å². The minimum absolute atomic E-state index is 0. The predicted molar refractivity (Wildman–Crippen MR) is 178 cm³/mol. The van der Waals surface area contributed by atoms with Crippen LogP contribution in [0, 0.1) is 23.9 Å². The van der Waals surface area contributed by atoms with Gasteiger partial charge in [0.05, 0.1) is 19.0 Å². The molecule has 0 aliphatic rings. The molecule has 0 fully saturated rings. The summed E-state index contributed by atoms with van der Waals surface area (Å²) < 4.78 is 28.1. The van der Waals surface area contributed by atoms with Crippen LogP contribution < -0.4 is 5.19 Å². The molecule has 0 aliphatic heterocycles. The molecule has 0 amide bonds. The smallest absolute Gasteiger partial charge is 0.219 e. The minimum atomic E-state index is -1.34. The largest absolute Gasteiger partial charge is 0.486 e. The normalized spacial score (nSPS) is 12.1. The number of nitrogens with zero attached hydrogens (tertiary/aromatic N) is 3. The fraction of sp³-hybridized carbons (Fsp3) is 0.270. The van der Waals surface area contributed by atoms with Crippen LogP contribution in [0.15, 0.2) is 83.7 Å². The van der Waals surface area contributed by atoms with Gasteiger partial charge in [0.2, 0.25) is 5.71 Å². The molecule has 229 valence electrons. The molecule has 0 unspecified atom stereocenters. The summed E-state index contributed by atoms with van der Waals surface area (Å²) in [5.41, 5.74) is 6.46. The van der Waals surface area contributed by atoms with Crippen LogP contribution in [0.4, 0.5) is 4.39 Å². The van der Waals surface area contributed by atoms with Crippen molar-refractivity contribution in [3.8, 4) is 22.5 Å². The van der Waals surface area contributed by atoms with E-state index in [2.05, 4.69) is 78.9 Å². The van der Waals surface area contributed by atoms with Gasteiger partial charge in [-0.2, -0.15) is 0 Å². The summed E-state index contributed by atoms with van der Waals surface area (Å²) in [6.45, 7) is 15.4. The molecule has 0 saturated heterocycles. The third kappa shape index (κ3) is 7.40. The number of benzene rings is 2. The molecule has 6 rings (SSSR count). The Balaban J connectivity index is 0.000000204. The van der Waals surface area contributed by atoms with E-state index >= 15 is 0 Å². The Morgan fingerprint density at radius 2 is 1.68 bits per heavy atom. The number of pyridine rings is 3. The van der Waals surface area contributed by atoms with Crippen LogP contribution >= 0.6 is 0 Å². The molecular weight excluding hydrogens is 742 g/mol. The van der Waals surface area contributed by atoms with E-state index in [4.69, 9.17) is 5.79 Å². The first-order valence-corrected chi connectivity index (χ1v) is 18.1. The Hall–Kier alpha value is -3.51. The average Bonchev–Trinajstić information content (AvgIpc) is 3.37. The number of hydrogen-bond acceptors (Lipinski definition) is 4. The van der Waals surface area contributed by atoms with Crippen LogP contribution in [-0.4, -0.2) is 23.0 Å². The van der Waals surface area contributed by atoms with Gasteiger partial charge in [-0.05, 0) is 46.9 Å². The van der Waals surface area contributed by atoms with E-state index in [9.17, 15) is 4.39 Å². The molecule has 0 saturated carbocycles. The molecule has 7 heteroatoms. The second-order valence-corrected chi connectivity index (χ2v) is 17.5. The fourth-order valence-corrected chi connectivity index (χ4v) is 6.76. The second-order valence-electron chi connectivity index (χ2n) is 12.5. The molecule has 44 heavy (non-hydrogen) atoms. The van der Waals surface area contributed by atoms with E-state index in [1.54, 1.807) is 18.3 Å².